The van der Waals surface area contributed by atoms with Gasteiger partial charge in [-0.3, -0.25) is 4.90 Å². The van der Waals surface area contributed by atoms with Crippen LogP contribution >= 0.6 is 0 Å². The lowest BCUT2D eigenvalue weighted by Crippen LogP contribution is -2.57. The lowest BCUT2D eigenvalue weighted by atomic mass is 10.0. The van der Waals surface area contributed by atoms with Gasteiger partial charge in [0.2, 0.25) is 0 Å². The third-order valence-electron chi connectivity index (χ3n) is 5.45. The molecule has 2 unspecified atom stereocenters. The molecule has 7 heteroatoms. The highest BCUT2D eigenvalue weighted by Gasteiger charge is 2.30. The Bertz CT molecular complexity index is 635. The average molecular weight is 367 g/mol. The molecule has 0 saturated carbocycles. The van der Waals surface area contributed by atoms with Crippen molar-refractivity contribution in [2.45, 2.75) is 51.4 Å². The molecule has 2 aliphatic rings. The minimum absolute atomic E-state index is 0.0216. The molecule has 3 rings (SSSR count). The van der Waals surface area contributed by atoms with Crippen molar-refractivity contribution in [3.8, 4) is 0 Å². The molecular formula is C19H27F2N3O2. The van der Waals surface area contributed by atoms with Crippen LogP contribution in [0.4, 0.5) is 13.6 Å². The molecule has 2 fully saturated rings. The number of likely N-dealkylation sites (tertiary alicyclic amines) is 1. The van der Waals surface area contributed by atoms with Crippen molar-refractivity contribution in [3.63, 3.8) is 0 Å². The fourth-order valence-electron chi connectivity index (χ4n) is 3.61. The van der Waals surface area contributed by atoms with E-state index in [2.05, 4.69) is 10.2 Å². The molecule has 2 aliphatic heterocycles. The Kier molecular flexibility index (Phi) is 6.09. The number of hydrogen-bond donors (Lipinski definition) is 1. The van der Waals surface area contributed by atoms with Crippen LogP contribution in [0.3, 0.4) is 0 Å². The number of carbonyl (C=O) groups is 1. The van der Waals surface area contributed by atoms with Gasteiger partial charge in [0.1, 0.15) is 0 Å². The zero-order valence-corrected chi connectivity index (χ0v) is 15.4. The smallest absolute Gasteiger partial charge is 0.318 e. The normalized spacial score (nSPS) is 25.3. The summed E-state index contributed by atoms with van der Waals surface area (Å²) in [7, 11) is 0. The second-order valence-electron chi connectivity index (χ2n) is 7.26. The summed E-state index contributed by atoms with van der Waals surface area (Å²) in [5.74, 6) is -1.62. The Morgan fingerprint density at radius 1 is 1.19 bits per heavy atom. The monoisotopic (exact) mass is 367 g/mol. The number of morpholine rings is 1. The van der Waals surface area contributed by atoms with Gasteiger partial charge in [0.05, 0.1) is 18.8 Å². The number of rotatable bonds is 3. The van der Waals surface area contributed by atoms with Crippen molar-refractivity contribution in [1.82, 2.24) is 15.1 Å². The van der Waals surface area contributed by atoms with E-state index in [4.69, 9.17) is 4.74 Å². The second kappa shape index (κ2) is 8.31. The molecule has 2 saturated heterocycles. The van der Waals surface area contributed by atoms with E-state index in [0.717, 1.165) is 31.5 Å². The molecule has 0 radical (unpaired) electrons. The quantitative estimate of drug-likeness (QED) is 0.894. The maximum absolute atomic E-state index is 13.3. The largest absolute Gasteiger partial charge is 0.375 e. The highest BCUT2D eigenvalue weighted by atomic mass is 19.2. The summed E-state index contributed by atoms with van der Waals surface area (Å²) in [6, 6.07) is 4.23. The Hall–Kier alpha value is -1.73. The van der Waals surface area contributed by atoms with Crippen LogP contribution in [0.2, 0.25) is 0 Å². The number of nitrogens with zero attached hydrogens (tertiary/aromatic N) is 2. The molecule has 26 heavy (non-hydrogen) atoms. The zero-order chi connectivity index (χ0) is 18.7. The number of urea groups is 1. The highest BCUT2D eigenvalue weighted by molar-refractivity contribution is 5.75. The zero-order valence-electron chi connectivity index (χ0n) is 15.4. The minimum Gasteiger partial charge on any atom is -0.375 e. The molecule has 2 amide bonds. The van der Waals surface area contributed by atoms with Crippen molar-refractivity contribution in [3.05, 3.63) is 35.4 Å². The summed E-state index contributed by atoms with van der Waals surface area (Å²) in [5.41, 5.74) is 0.766. The number of benzene rings is 1. The predicted octanol–water partition coefficient (Wildman–Crippen LogP) is 2.75. The number of piperidine rings is 1. The van der Waals surface area contributed by atoms with Crippen LogP contribution in [0.5, 0.6) is 0 Å². The topological polar surface area (TPSA) is 44.8 Å². The van der Waals surface area contributed by atoms with Gasteiger partial charge in [0.15, 0.2) is 11.6 Å². The number of halogens is 2. The Morgan fingerprint density at radius 3 is 2.62 bits per heavy atom. The van der Waals surface area contributed by atoms with E-state index in [1.54, 1.807) is 6.07 Å². The summed E-state index contributed by atoms with van der Waals surface area (Å²) >= 11 is 0. The van der Waals surface area contributed by atoms with Crippen LogP contribution in [0.25, 0.3) is 0 Å². The molecule has 0 aliphatic carbocycles. The number of nitrogens with one attached hydrogen (secondary N) is 1. The molecular weight excluding hydrogens is 340 g/mol. The standard InChI is InChI=1S/C19H27F2N3O2/c1-13-14(2)26-10-9-24(13)19(25)22-16-5-7-23(8-6-16)12-15-3-4-17(20)18(21)11-15/h3-4,11,13-14,16H,5-10,12H2,1-2H3,(H,22,25). The van der Waals surface area contributed by atoms with Crippen molar-refractivity contribution in [2.75, 3.05) is 26.2 Å². The van der Waals surface area contributed by atoms with Gasteiger partial charge in [-0.05, 0) is 44.4 Å². The van der Waals surface area contributed by atoms with E-state index in [9.17, 15) is 13.6 Å². The molecule has 0 aromatic heterocycles. The first-order chi connectivity index (χ1) is 12.4. The minimum atomic E-state index is -0.818. The van der Waals surface area contributed by atoms with Gasteiger partial charge in [-0.2, -0.15) is 0 Å². The van der Waals surface area contributed by atoms with E-state index in [1.807, 2.05) is 18.7 Å². The van der Waals surface area contributed by atoms with Crippen molar-refractivity contribution < 1.29 is 18.3 Å². The summed E-state index contributed by atoms with van der Waals surface area (Å²) in [6.07, 6.45) is 1.75. The lowest BCUT2D eigenvalue weighted by Gasteiger charge is -2.39. The first-order valence-electron chi connectivity index (χ1n) is 9.29. The SMILES string of the molecule is CC1OCCN(C(=O)NC2CCN(Cc3ccc(F)c(F)c3)CC2)C1C. The second-order valence-corrected chi connectivity index (χ2v) is 7.26. The van der Waals surface area contributed by atoms with Crippen LogP contribution in [0.1, 0.15) is 32.3 Å². The van der Waals surface area contributed by atoms with Crippen LogP contribution in [-0.2, 0) is 11.3 Å². The third kappa shape index (κ3) is 4.51. The van der Waals surface area contributed by atoms with Crippen LogP contribution < -0.4 is 5.32 Å². The van der Waals surface area contributed by atoms with Crippen LogP contribution in [-0.4, -0.2) is 60.3 Å². The van der Waals surface area contributed by atoms with Crippen molar-refractivity contribution in [2.24, 2.45) is 0 Å². The van der Waals surface area contributed by atoms with Gasteiger partial charge in [-0.25, -0.2) is 13.6 Å². The summed E-state index contributed by atoms with van der Waals surface area (Å²) < 4.78 is 31.9. The molecule has 0 spiro atoms. The van der Waals surface area contributed by atoms with Gasteiger partial charge in [-0.1, -0.05) is 6.07 Å². The number of hydrogen-bond acceptors (Lipinski definition) is 3. The molecule has 5 nitrogen and oxygen atoms in total. The molecule has 2 atom stereocenters. The van der Waals surface area contributed by atoms with E-state index in [-0.39, 0.29) is 24.2 Å². The Morgan fingerprint density at radius 2 is 1.92 bits per heavy atom. The molecule has 144 valence electrons. The van der Waals surface area contributed by atoms with Gasteiger partial charge in [-0.15, -0.1) is 0 Å². The maximum Gasteiger partial charge on any atom is 0.318 e. The number of carbonyl (C=O) groups excluding carboxylic acids is 1. The molecule has 1 N–H and O–H groups in total. The molecule has 2 heterocycles. The van der Waals surface area contributed by atoms with E-state index < -0.39 is 11.6 Å². The van der Waals surface area contributed by atoms with Crippen LogP contribution in [0.15, 0.2) is 18.2 Å². The van der Waals surface area contributed by atoms with Gasteiger partial charge < -0.3 is 15.0 Å². The molecule has 0 bridgehead atoms. The fraction of sp³-hybridized carbons (Fsp3) is 0.632. The van der Waals surface area contributed by atoms with Crippen molar-refractivity contribution in [1.29, 1.82) is 0 Å². The predicted molar refractivity (Wildman–Crippen MR) is 94.8 cm³/mol. The Labute approximate surface area is 153 Å². The fourth-order valence-corrected chi connectivity index (χ4v) is 3.61. The lowest BCUT2D eigenvalue weighted by molar-refractivity contribution is -0.0382. The number of ether oxygens (including phenoxy) is 1. The first kappa shape index (κ1) is 19.0. The van der Waals surface area contributed by atoms with E-state index >= 15 is 0 Å². The third-order valence-corrected chi connectivity index (χ3v) is 5.45. The first-order valence-corrected chi connectivity index (χ1v) is 9.29. The number of amides is 2. The summed E-state index contributed by atoms with van der Waals surface area (Å²) in [4.78, 5) is 16.6. The van der Waals surface area contributed by atoms with Gasteiger partial charge >= 0.3 is 6.03 Å². The maximum atomic E-state index is 13.3. The van der Waals surface area contributed by atoms with Crippen LogP contribution in [0, 0.1) is 11.6 Å². The van der Waals surface area contributed by atoms with Gasteiger partial charge in [0.25, 0.3) is 0 Å². The average Bonchev–Trinajstić information content (AvgIpc) is 2.62. The molecule has 1 aromatic rings. The summed E-state index contributed by atoms with van der Waals surface area (Å²) in [6.45, 7) is 7.42. The Balaban J connectivity index is 1.46. The van der Waals surface area contributed by atoms with E-state index in [1.165, 1.54) is 12.1 Å². The summed E-state index contributed by atoms with van der Waals surface area (Å²) in [5, 5.41) is 3.14. The van der Waals surface area contributed by atoms with E-state index in [0.29, 0.717) is 19.7 Å². The van der Waals surface area contributed by atoms with Gasteiger partial charge in [0, 0.05) is 32.2 Å². The molecule has 1 aromatic carbocycles. The highest BCUT2D eigenvalue weighted by Crippen LogP contribution is 2.18. The van der Waals surface area contributed by atoms with Crippen molar-refractivity contribution >= 4 is 6.03 Å².